The lowest BCUT2D eigenvalue weighted by Gasteiger charge is -2.34. The number of hydrogen-bond donors (Lipinski definition) is 0. The summed E-state index contributed by atoms with van der Waals surface area (Å²) in [6.07, 6.45) is 6.02. The Balaban J connectivity index is 0.948. The van der Waals surface area contributed by atoms with Crippen LogP contribution < -0.4 is 4.90 Å². The molecule has 0 saturated heterocycles. The summed E-state index contributed by atoms with van der Waals surface area (Å²) in [6.45, 7) is 9.63. The van der Waals surface area contributed by atoms with Crippen LogP contribution in [-0.2, 0) is 16.2 Å². The fraction of sp³-hybridized carbons (Fsp3) is 0.134. The van der Waals surface area contributed by atoms with Crippen molar-refractivity contribution >= 4 is 11.4 Å². The first-order valence-electron chi connectivity index (χ1n) is 24.4. The van der Waals surface area contributed by atoms with Crippen LogP contribution in [0.3, 0.4) is 0 Å². The number of anilines is 2. The minimum Gasteiger partial charge on any atom is -0.310 e. The molecule has 0 saturated carbocycles. The van der Waals surface area contributed by atoms with E-state index in [2.05, 4.69) is 251 Å². The average molecular weight is 870 g/mol. The van der Waals surface area contributed by atoms with Gasteiger partial charge in [0.2, 0.25) is 0 Å². The van der Waals surface area contributed by atoms with E-state index in [1.54, 1.807) is 0 Å². The first-order valence-corrected chi connectivity index (χ1v) is 24.4. The van der Waals surface area contributed by atoms with Crippen LogP contribution in [0.4, 0.5) is 11.4 Å². The van der Waals surface area contributed by atoms with Crippen molar-refractivity contribution in [1.29, 1.82) is 0 Å². The predicted octanol–water partition coefficient (Wildman–Crippen LogP) is 17.1. The molecule has 0 radical (unpaired) electrons. The van der Waals surface area contributed by atoms with E-state index in [0.717, 1.165) is 12.1 Å². The second-order valence-corrected chi connectivity index (χ2v) is 20.7. The second-order valence-electron chi connectivity index (χ2n) is 20.7. The van der Waals surface area contributed by atoms with E-state index >= 15 is 0 Å². The molecule has 324 valence electrons. The van der Waals surface area contributed by atoms with Crippen LogP contribution in [0.25, 0.3) is 55.6 Å². The van der Waals surface area contributed by atoms with E-state index in [1.165, 1.54) is 117 Å². The van der Waals surface area contributed by atoms with Crippen molar-refractivity contribution < 1.29 is 0 Å². The summed E-state index contributed by atoms with van der Waals surface area (Å²) in [5, 5.41) is 0. The number of rotatable bonds is 5. The number of nitrogens with zero attached hydrogens (tertiary/aromatic N) is 1. The van der Waals surface area contributed by atoms with Crippen molar-refractivity contribution in [1.82, 2.24) is 0 Å². The zero-order chi connectivity index (χ0) is 45.5. The summed E-state index contributed by atoms with van der Waals surface area (Å²) in [5.41, 5.74) is 28.6. The van der Waals surface area contributed by atoms with Gasteiger partial charge in [-0.05, 0) is 137 Å². The van der Waals surface area contributed by atoms with Gasteiger partial charge in [0.25, 0.3) is 0 Å². The zero-order valence-corrected chi connectivity index (χ0v) is 39.0. The summed E-state index contributed by atoms with van der Waals surface area (Å²) >= 11 is 0. The Labute approximate surface area is 400 Å². The highest BCUT2D eigenvalue weighted by Gasteiger charge is 2.52. The largest absolute Gasteiger partial charge is 0.310 e. The standard InChI is InChI=1S/C67H51N/c1-65(2)55-23-12-8-19-48(55)51-36-32-45(40-60(51)65)43-29-33-46(34-30-43)68(47-35-38-53-52-37-31-44(42-17-6-5-7-18-42)39-61(52)66(3,4)62(53)41-47)63-28-16-27-59-64(63)54-22-11-15-26-58(54)67(59)56-24-13-9-20-49(56)50-21-10-14-25-57(50)67/h5-37,39-41,53H,38H2,1-4H3. The van der Waals surface area contributed by atoms with Gasteiger partial charge in [-0.1, -0.05) is 215 Å². The molecule has 0 bridgehead atoms. The highest BCUT2D eigenvalue weighted by molar-refractivity contribution is 6.00. The summed E-state index contributed by atoms with van der Waals surface area (Å²) in [6, 6.07) is 78.1. The highest BCUT2D eigenvalue weighted by atomic mass is 15.2. The van der Waals surface area contributed by atoms with Gasteiger partial charge >= 0.3 is 0 Å². The van der Waals surface area contributed by atoms with Gasteiger partial charge in [0.05, 0.1) is 11.1 Å². The van der Waals surface area contributed by atoms with Gasteiger partial charge in [-0.15, -0.1) is 0 Å². The molecule has 14 rings (SSSR count). The van der Waals surface area contributed by atoms with Crippen LogP contribution in [0.5, 0.6) is 0 Å². The third-order valence-corrected chi connectivity index (χ3v) is 16.7. The van der Waals surface area contributed by atoms with Gasteiger partial charge in [0.15, 0.2) is 0 Å². The third kappa shape index (κ3) is 5.22. The minimum atomic E-state index is -0.429. The summed E-state index contributed by atoms with van der Waals surface area (Å²) in [5.74, 6) is 0.338. The topological polar surface area (TPSA) is 3.24 Å². The maximum absolute atomic E-state index is 2.59. The SMILES string of the molecule is CC1(C)C2=CC(N(c3ccc(-c4ccc5c(c4)C(C)(C)c4ccccc4-5)cc3)c3cccc4c3-c3ccccc3C43c4ccccc4-c4ccccc43)=CCC2c2ccc(-c3ccccc3)cc21. The Morgan fingerprint density at radius 2 is 0.912 bits per heavy atom. The quantitative estimate of drug-likeness (QED) is 0.167. The van der Waals surface area contributed by atoms with E-state index in [-0.39, 0.29) is 10.8 Å². The molecule has 1 atom stereocenters. The first kappa shape index (κ1) is 39.4. The molecular weight excluding hydrogens is 819 g/mol. The van der Waals surface area contributed by atoms with Gasteiger partial charge in [-0.25, -0.2) is 0 Å². The Morgan fingerprint density at radius 3 is 1.60 bits per heavy atom. The molecule has 9 aromatic rings. The van der Waals surface area contributed by atoms with E-state index < -0.39 is 5.41 Å². The Morgan fingerprint density at radius 1 is 0.397 bits per heavy atom. The molecule has 1 spiro atoms. The van der Waals surface area contributed by atoms with Crippen LogP contribution in [0, 0.1) is 0 Å². The lowest BCUT2D eigenvalue weighted by molar-refractivity contribution is 0.609. The molecule has 0 heterocycles. The highest BCUT2D eigenvalue weighted by Crippen LogP contribution is 2.65. The predicted molar refractivity (Wildman–Crippen MR) is 283 cm³/mol. The van der Waals surface area contributed by atoms with Crippen LogP contribution in [-0.4, -0.2) is 0 Å². The first-order chi connectivity index (χ1) is 33.2. The molecule has 1 unspecified atom stereocenters. The molecule has 9 aromatic carbocycles. The number of fused-ring (bicyclic) bond motifs is 16. The van der Waals surface area contributed by atoms with Crippen LogP contribution >= 0.6 is 0 Å². The molecule has 0 aromatic heterocycles. The molecule has 0 fully saturated rings. The van der Waals surface area contributed by atoms with Crippen molar-refractivity contribution in [3.63, 3.8) is 0 Å². The van der Waals surface area contributed by atoms with E-state index in [9.17, 15) is 0 Å². The molecule has 1 heteroatoms. The Bertz CT molecular complexity index is 3610. The maximum Gasteiger partial charge on any atom is 0.0726 e. The van der Waals surface area contributed by atoms with Gasteiger partial charge in [-0.3, -0.25) is 0 Å². The molecule has 1 nitrogen and oxygen atoms in total. The van der Waals surface area contributed by atoms with E-state index in [0.29, 0.717) is 5.92 Å². The van der Waals surface area contributed by atoms with Crippen molar-refractivity contribution in [2.45, 2.75) is 56.3 Å². The summed E-state index contributed by atoms with van der Waals surface area (Å²) in [4.78, 5) is 2.59. The zero-order valence-electron chi connectivity index (χ0n) is 39.0. The third-order valence-electron chi connectivity index (χ3n) is 16.7. The van der Waals surface area contributed by atoms with E-state index in [1.807, 2.05) is 0 Å². The smallest absolute Gasteiger partial charge is 0.0726 e. The van der Waals surface area contributed by atoms with Crippen molar-refractivity contribution in [3.05, 3.63) is 274 Å². The number of allylic oxidation sites excluding steroid dienone is 3. The molecule has 0 amide bonds. The Hall–Kier alpha value is -7.74. The van der Waals surface area contributed by atoms with Gasteiger partial charge in [0.1, 0.15) is 0 Å². The van der Waals surface area contributed by atoms with Crippen LogP contribution in [0.15, 0.2) is 230 Å². The van der Waals surface area contributed by atoms with E-state index in [4.69, 9.17) is 0 Å². The summed E-state index contributed by atoms with van der Waals surface area (Å²) < 4.78 is 0. The Kier molecular flexibility index (Phi) is 8.20. The fourth-order valence-electron chi connectivity index (χ4n) is 13.5. The number of hydrogen-bond acceptors (Lipinski definition) is 1. The van der Waals surface area contributed by atoms with Crippen molar-refractivity contribution in [3.8, 4) is 55.6 Å². The molecule has 0 N–H and O–H groups in total. The van der Waals surface area contributed by atoms with Gasteiger partial charge in [-0.2, -0.15) is 0 Å². The van der Waals surface area contributed by atoms with Gasteiger partial charge < -0.3 is 4.90 Å². The molecule has 5 aliphatic carbocycles. The monoisotopic (exact) mass is 869 g/mol. The van der Waals surface area contributed by atoms with Crippen molar-refractivity contribution in [2.75, 3.05) is 4.90 Å². The second kappa shape index (κ2) is 14.1. The van der Waals surface area contributed by atoms with Crippen LogP contribution in [0.1, 0.15) is 84.5 Å². The average Bonchev–Trinajstić information content (AvgIpc) is 4.02. The minimum absolute atomic E-state index is 0.0596. The van der Waals surface area contributed by atoms with Crippen molar-refractivity contribution in [2.24, 2.45) is 0 Å². The normalized spacial score (nSPS) is 17.4. The van der Waals surface area contributed by atoms with Crippen LogP contribution in [0.2, 0.25) is 0 Å². The molecule has 68 heavy (non-hydrogen) atoms. The fourth-order valence-corrected chi connectivity index (χ4v) is 13.5. The summed E-state index contributed by atoms with van der Waals surface area (Å²) in [7, 11) is 0. The molecule has 5 aliphatic rings. The molecule has 0 aliphatic heterocycles. The lowest BCUT2D eigenvalue weighted by Crippen LogP contribution is -2.26. The van der Waals surface area contributed by atoms with Gasteiger partial charge in [0, 0.05) is 33.7 Å². The lowest BCUT2D eigenvalue weighted by atomic mass is 9.70. The number of benzene rings is 9. The maximum atomic E-state index is 2.59. The molecular formula is C67H51N.